The molecule has 0 unspecified atom stereocenters. The van der Waals surface area contributed by atoms with Crippen molar-refractivity contribution in [1.82, 2.24) is 14.8 Å². The SMILES string of the molecule is Cc1cc(O)ccc1C(=O)N1CCCN(C(=O)CCc2ccncc2)CC1. The standard InChI is InChI=1S/C21H25N3O3/c1-16-15-18(25)4-5-19(16)21(27)24-12-2-11-23(13-14-24)20(26)6-3-17-7-9-22-10-8-17/h4-5,7-10,15,25H,2-3,6,11-14H2,1H3. The van der Waals surface area contributed by atoms with Crippen LogP contribution in [0.4, 0.5) is 0 Å². The van der Waals surface area contributed by atoms with Crippen molar-refractivity contribution < 1.29 is 14.7 Å². The van der Waals surface area contributed by atoms with Crippen molar-refractivity contribution in [3.05, 3.63) is 59.4 Å². The highest BCUT2D eigenvalue weighted by Crippen LogP contribution is 2.18. The summed E-state index contributed by atoms with van der Waals surface area (Å²) in [5, 5.41) is 9.53. The Hall–Kier alpha value is -2.89. The number of amides is 2. The number of hydrogen-bond donors (Lipinski definition) is 1. The fourth-order valence-electron chi connectivity index (χ4n) is 3.39. The van der Waals surface area contributed by atoms with E-state index in [1.54, 1.807) is 29.4 Å². The summed E-state index contributed by atoms with van der Waals surface area (Å²) >= 11 is 0. The number of aryl methyl sites for hydroxylation is 2. The van der Waals surface area contributed by atoms with Gasteiger partial charge in [-0.1, -0.05) is 0 Å². The maximum absolute atomic E-state index is 12.8. The lowest BCUT2D eigenvalue weighted by Gasteiger charge is -2.23. The first-order valence-electron chi connectivity index (χ1n) is 9.30. The molecule has 0 aliphatic carbocycles. The van der Waals surface area contributed by atoms with Crippen molar-refractivity contribution in [2.45, 2.75) is 26.2 Å². The second kappa shape index (κ2) is 8.66. The molecule has 27 heavy (non-hydrogen) atoms. The Labute approximate surface area is 159 Å². The van der Waals surface area contributed by atoms with Crippen molar-refractivity contribution in [3.63, 3.8) is 0 Å². The maximum atomic E-state index is 12.8. The van der Waals surface area contributed by atoms with Gasteiger partial charge in [0.2, 0.25) is 5.91 Å². The largest absolute Gasteiger partial charge is 0.508 e. The van der Waals surface area contributed by atoms with E-state index in [0.717, 1.165) is 17.5 Å². The van der Waals surface area contributed by atoms with Crippen LogP contribution in [0, 0.1) is 6.92 Å². The predicted molar refractivity (Wildman–Crippen MR) is 103 cm³/mol. The summed E-state index contributed by atoms with van der Waals surface area (Å²) in [6.45, 7) is 4.21. The zero-order chi connectivity index (χ0) is 19.2. The zero-order valence-corrected chi connectivity index (χ0v) is 15.6. The van der Waals surface area contributed by atoms with Crippen LogP contribution in [-0.2, 0) is 11.2 Å². The molecule has 2 amide bonds. The summed E-state index contributed by atoms with van der Waals surface area (Å²) in [4.78, 5) is 33.0. The van der Waals surface area contributed by atoms with E-state index in [0.29, 0.717) is 44.6 Å². The number of nitrogens with zero attached hydrogens (tertiary/aromatic N) is 3. The summed E-state index contributed by atoms with van der Waals surface area (Å²) in [6.07, 6.45) is 5.41. The van der Waals surface area contributed by atoms with Gasteiger partial charge in [0.1, 0.15) is 5.75 Å². The van der Waals surface area contributed by atoms with Crippen LogP contribution in [0.25, 0.3) is 0 Å². The molecule has 0 atom stereocenters. The van der Waals surface area contributed by atoms with E-state index < -0.39 is 0 Å². The van der Waals surface area contributed by atoms with Gasteiger partial charge in [-0.15, -0.1) is 0 Å². The number of carbonyl (C=O) groups excluding carboxylic acids is 2. The number of aromatic hydroxyl groups is 1. The molecule has 1 saturated heterocycles. The van der Waals surface area contributed by atoms with E-state index in [-0.39, 0.29) is 17.6 Å². The van der Waals surface area contributed by atoms with Crippen LogP contribution in [0.1, 0.15) is 34.3 Å². The third-order valence-electron chi connectivity index (χ3n) is 4.95. The van der Waals surface area contributed by atoms with Crippen LogP contribution in [0.15, 0.2) is 42.7 Å². The Balaban J connectivity index is 1.56. The normalized spacial score (nSPS) is 14.7. The molecular weight excluding hydrogens is 342 g/mol. The third kappa shape index (κ3) is 4.84. The Bertz CT molecular complexity index is 808. The van der Waals surface area contributed by atoms with E-state index in [9.17, 15) is 14.7 Å². The molecule has 1 N–H and O–H groups in total. The molecular formula is C21H25N3O3. The summed E-state index contributed by atoms with van der Waals surface area (Å²) in [5.41, 5.74) is 2.47. The highest BCUT2D eigenvalue weighted by atomic mass is 16.3. The second-order valence-corrected chi connectivity index (χ2v) is 6.88. The van der Waals surface area contributed by atoms with E-state index in [1.807, 2.05) is 24.0 Å². The third-order valence-corrected chi connectivity index (χ3v) is 4.95. The van der Waals surface area contributed by atoms with Gasteiger partial charge in [0, 0.05) is 50.6 Å². The van der Waals surface area contributed by atoms with Gasteiger partial charge >= 0.3 is 0 Å². The van der Waals surface area contributed by atoms with Gasteiger partial charge in [-0.25, -0.2) is 0 Å². The smallest absolute Gasteiger partial charge is 0.254 e. The second-order valence-electron chi connectivity index (χ2n) is 6.88. The molecule has 6 nitrogen and oxygen atoms in total. The zero-order valence-electron chi connectivity index (χ0n) is 15.6. The highest BCUT2D eigenvalue weighted by molar-refractivity contribution is 5.95. The number of phenolic OH excluding ortho intramolecular Hbond substituents is 1. The van der Waals surface area contributed by atoms with Crippen LogP contribution in [0.5, 0.6) is 5.75 Å². The minimum Gasteiger partial charge on any atom is -0.508 e. The van der Waals surface area contributed by atoms with Crippen molar-refractivity contribution in [1.29, 1.82) is 0 Å². The number of benzene rings is 1. The Morgan fingerprint density at radius 2 is 1.74 bits per heavy atom. The van der Waals surface area contributed by atoms with Crippen LogP contribution < -0.4 is 0 Å². The van der Waals surface area contributed by atoms with Gasteiger partial charge in [0.15, 0.2) is 0 Å². The van der Waals surface area contributed by atoms with E-state index in [2.05, 4.69) is 4.98 Å². The maximum Gasteiger partial charge on any atom is 0.254 e. The lowest BCUT2D eigenvalue weighted by molar-refractivity contribution is -0.131. The molecule has 2 aromatic rings. The van der Waals surface area contributed by atoms with E-state index in [1.165, 1.54) is 6.07 Å². The van der Waals surface area contributed by atoms with Crippen molar-refractivity contribution in [2.24, 2.45) is 0 Å². The van der Waals surface area contributed by atoms with Crippen molar-refractivity contribution in [2.75, 3.05) is 26.2 Å². The molecule has 2 heterocycles. The van der Waals surface area contributed by atoms with Crippen LogP contribution in [0.2, 0.25) is 0 Å². The number of phenols is 1. The summed E-state index contributed by atoms with van der Waals surface area (Å²) in [6, 6.07) is 8.65. The van der Waals surface area contributed by atoms with Gasteiger partial charge in [-0.3, -0.25) is 14.6 Å². The van der Waals surface area contributed by atoms with Crippen LogP contribution in [0.3, 0.4) is 0 Å². The molecule has 0 radical (unpaired) electrons. The lowest BCUT2D eigenvalue weighted by Crippen LogP contribution is -2.37. The van der Waals surface area contributed by atoms with E-state index in [4.69, 9.17) is 0 Å². The molecule has 3 rings (SSSR count). The summed E-state index contributed by atoms with van der Waals surface area (Å²) < 4.78 is 0. The first-order chi connectivity index (χ1) is 13.0. The molecule has 1 aromatic heterocycles. The fourth-order valence-corrected chi connectivity index (χ4v) is 3.39. The van der Waals surface area contributed by atoms with Crippen molar-refractivity contribution >= 4 is 11.8 Å². The molecule has 0 saturated carbocycles. The summed E-state index contributed by atoms with van der Waals surface area (Å²) in [7, 11) is 0. The summed E-state index contributed by atoms with van der Waals surface area (Å²) in [5.74, 6) is 0.242. The quantitative estimate of drug-likeness (QED) is 0.901. The Morgan fingerprint density at radius 3 is 2.48 bits per heavy atom. The van der Waals surface area contributed by atoms with Gasteiger partial charge in [-0.05, 0) is 61.2 Å². The fraction of sp³-hybridized carbons (Fsp3) is 0.381. The van der Waals surface area contributed by atoms with Crippen LogP contribution in [-0.4, -0.2) is 57.9 Å². The highest BCUT2D eigenvalue weighted by Gasteiger charge is 2.23. The van der Waals surface area contributed by atoms with Gasteiger partial charge in [-0.2, -0.15) is 0 Å². The number of hydrogen-bond acceptors (Lipinski definition) is 4. The first-order valence-corrected chi connectivity index (χ1v) is 9.30. The average molecular weight is 367 g/mol. The first kappa shape index (κ1) is 18.9. The van der Waals surface area contributed by atoms with Gasteiger partial charge in [0.05, 0.1) is 0 Å². The van der Waals surface area contributed by atoms with Crippen LogP contribution >= 0.6 is 0 Å². The minimum atomic E-state index is -0.0430. The minimum absolute atomic E-state index is 0.0430. The molecule has 6 heteroatoms. The Morgan fingerprint density at radius 1 is 1.04 bits per heavy atom. The predicted octanol–water partition coefficient (Wildman–Crippen LogP) is 2.40. The molecule has 0 spiro atoms. The monoisotopic (exact) mass is 367 g/mol. The molecule has 142 valence electrons. The Kier molecular flexibility index (Phi) is 6.06. The molecule has 1 aromatic carbocycles. The number of pyridine rings is 1. The average Bonchev–Trinajstić information content (AvgIpc) is 2.93. The van der Waals surface area contributed by atoms with Crippen molar-refractivity contribution in [3.8, 4) is 5.75 Å². The number of aromatic nitrogens is 1. The van der Waals surface area contributed by atoms with E-state index >= 15 is 0 Å². The number of rotatable bonds is 4. The lowest BCUT2D eigenvalue weighted by atomic mass is 10.1. The topological polar surface area (TPSA) is 73.7 Å². The molecule has 1 fully saturated rings. The van der Waals surface area contributed by atoms with Gasteiger partial charge < -0.3 is 14.9 Å². The molecule has 0 bridgehead atoms. The number of carbonyl (C=O) groups is 2. The molecule has 1 aliphatic heterocycles. The van der Waals surface area contributed by atoms with Gasteiger partial charge in [0.25, 0.3) is 5.91 Å². The molecule has 1 aliphatic rings.